The highest BCUT2D eigenvalue weighted by Crippen LogP contribution is 2.40. The van der Waals surface area contributed by atoms with E-state index < -0.39 is 0 Å². The molecule has 1 N–H and O–H groups in total. The van der Waals surface area contributed by atoms with E-state index in [1.807, 2.05) is 11.0 Å². The van der Waals surface area contributed by atoms with E-state index in [1.54, 1.807) is 18.2 Å². The maximum atomic E-state index is 12.5. The Kier molecular flexibility index (Phi) is 5.73. The van der Waals surface area contributed by atoms with Crippen LogP contribution in [-0.2, 0) is 9.59 Å². The Bertz CT molecular complexity index is 786. The molecule has 1 aromatic carbocycles. The van der Waals surface area contributed by atoms with Crippen LogP contribution in [-0.4, -0.2) is 67.2 Å². The molecule has 2 aliphatic heterocycles. The molecule has 3 aliphatic rings. The van der Waals surface area contributed by atoms with Crippen LogP contribution in [0.5, 0.6) is 11.5 Å². The van der Waals surface area contributed by atoms with Crippen molar-refractivity contribution in [2.24, 2.45) is 0 Å². The number of halogens is 1. The predicted octanol–water partition coefficient (Wildman–Crippen LogP) is 1.89. The molecular weight excluding hydrogens is 382 g/mol. The summed E-state index contributed by atoms with van der Waals surface area (Å²) in [7, 11) is 0. The Morgan fingerprint density at radius 1 is 1.18 bits per heavy atom. The maximum absolute atomic E-state index is 12.5. The van der Waals surface area contributed by atoms with Crippen LogP contribution >= 0.6 is 11.6 Å². The summed E-state index contributed by atoms with van der Waals surface area (Å²) >= 11 is 6.17. The lowest BCUT2D eigenvalue weighted by Crippen LogP contribution is -2.48. The molecule has 1 aliphatic carbocycles. The first-order valence-electron chi connectivity index (χ1n) is 9.66. The number of hydrogen-bond donors (Lipinski definition) is 1. The minimum atomic E-state index is -0.0279. The number of benzene rings is 1. The van der Waals surface area contributed by atoms with Crippen LogP contribution in [0.25, 0.3) is 6.08 Å². The highest BCUT2D eigenvalue weighted by atomic mass is 35.5. The monoisotopic (exact) mass is 405 g/mol. The second-order valence-electron chi connectivity index (χ2n) is 7.33. The maximum Gasteiger partial charge on any atom is 0.246 e. The van der Waals surface area contributed by atoms with Gasteiger partial charge in [-0.25, -0.2) is 0 Å². The van der Waals surface area contributed by atoms with E-state index in [9.17, 15) is 9.59 Å². The molecule has 4 rings (SSSR count). The van der Waals surface area contributed by atoms with Crippen LogP contribution in [0.3, 0.4) is 0 Å². The standard InChI is InChI=1S/C20H24ClN3O4/c21-16-11-14(12-17-20(16)28-13-27-17)1-4-19(26)24-9-7-23(8-10-24)6-5-18(25)22-15-2-3-15/h1,4,11-12,15H,2-3,5-10,13H2,(H,22,25)/b4-1-. The smallest absolute Gasteiger partial charge is 0.246 e. The molecule has 2 amide bonds. The molecule has 0 unspecified atom stereocenters. The summed E-state index contributed by atoms with van der Waals surface area (Å²) in [5, 5.41) is 3.48. The fourth-order valence-corrected chi connectivity index (χ4v) is 3.61. The number of carbonyl (C=O) groups is 2. The molecule has 1 saturated carbocycles. The van der Waals surface area contributed by atoms with Crippen LogP contribution in [0.15, 0.2) is 18.2 Å². The Hall–Kier alpha value is -2.25. The van der Waals surface area contributed by atoms with Crippen LogP contribution in [0.1, 0.15) is 24.8 Å². The Morgan fingerprint density at radius 2 is 1.96 bits per heavy atom. The first kappa shape index (κ1) is 19.1. The van der Waals surface area contributed by atoms with Gasteiger partial charge in [-0.1, -0.05) is 11.6 Å². The van der Waals surface area contributed by atoms with Crippen LogP contribution in [0.2, 0.25) is 5.02 Å². The lowest BCUT2D eigenvalue weighted by Gasteiger charge is -2.34. The van der Waals surface area contributed by atoms with E-state index in [2.05, 4.69) is 10.2 Å². The second kappa shape index (κ2) is 8.41. The number of amides is 2. The highest BCUT2D eigenvalue weighted by Gasteiger charge is 2.24. The van der Waals surface area contributed by atoms with Crippen molar-refractivity contribution < 1.29 is 19.1 Å². The number of fused-ring (bicyclic) bond motifs is 1. The van der Waals surface area contributed by atoms with E-state index in [0.717, 1.165) is 38.0 Å². The first-order chi connectivity index (χ1) is 13.6. The Labute approximate surface area is 169 Å². The fraction of sp³-hybridized carbons (Fsp3) is 0.500. The van der Waals surface area contributed by atoms with E-state index in [-0.39, 0.29) is 18.6 Å². The van der Waals surface area contributed by atoms with Crippen LogP contribution < -0.4 is 14.8 Å². The van der Waals surface area contributed by atoms with Gasteiger partial charge in [0.1, 0.15) is 0 Å². The second-order valence-corrected chi connectivity index (χ2v) is 7.74. The van der Waals surface area contributed by atoms with Gasteiger partial charge in [0, 0.05) is 51.3 Å². The van der Waals surface area contributed by atoms with Gasteiger partial charge in [-0.05, 0) is 36.6 Å². The van der Waals surface area contributed by atoms with Crippen LogP contribution in [0.4, 0.5) is 0 Å². The molecule has 1 saturated heterocycles. The molecule has 0 bridgehead atoms. The average Bonchev–Trinajstić information content (AvgIpc) is 3.37. The molecule has 8 heteroatoms. The van der Waals surface area contributed by atoms with Gasteiger partial charge in [0.25, 0.3) is 0 Å². The number of nitrogens with one attached hydrogen (secondary N) is 1. The van der Waals surface area contributed by atoms with Gasteiger partial charge >= 0.3 is 0 Å². The Balaban J connectivity index is 1.23. The Morgan fingerprint density at radius 3 is 2.71 bits per heavy atom. The largest absolute Gasteiger partial charge is 0.454 e. The van der Waals surface area contributed by atoms with Crippen LogP contribution in [0, 0.1) is 0 Å². The van der Waals surface area contributed by atoms with E-state index in [1.165, 1.54) is 0 Å². The number of piperazine rings is 1. The van der Waals surface area contributed by atoms with Crippen molar-refractivity contribution in [2.45, 2.75) is 25.3 Å². The van der Waals surface area contributed by atoms with Crippen molar-refractivity contribution >= 4 is 29.5 Å². The minimum absolute atomic E-state index is 0.0279. The zero-order chi connectivity index (χ0) is 19.5. The van der Waals surface area contributed by atoms with Gasteiger partial charge in [-0.2, -0.15) is 0 Å². The minimum Gasteiger partial charge on any atom is -0.454 e. The highest BCUT2D eigenvalue weighted by molar-refractivity contribution is 6.32. The molecule has 0 atom stereocenters. The zero-order valence-electron chi connectivity index (χ0n) is 15.7. The summed E-state index contributed by atoms with van der Waals surface area (Å²) in [6.07, 6.45) is 6.05. The molecule has 2 fully saturated rings. The normalized spacial score (nSPS) is 19.2. The third-order valence-corrected chi connectivity index (χ3v) is 5.43. The fourth-order valence-electron chi connectivity index (χ4n) is 3.34. The summed E-state index contributed by atoms with van der Waals surface area (Å²) in [5.74, 6) is 1.25. The zero-order valence-corrected chi connectivity index (χ0v) is 16.4. The van der Waals surface area contributed by atoms with Gasteiger partial charge in [0.05, 0.1) is 5.02 Å². The molecule has 150 valence electrons. The van der Waals surface area contributed by atoms with Crippen molar-refractivity contribution in [3.05, 3.63) is 28.8 Å². The molecule has 0 spiro atoms. The summed E-state index contributed by atoms with van der Waals surface area (Å²) in [6.45, 7) is 3.79. The van der Waals surface area contributed by atoms with Crippen molar-refractivity contribution in [2.75, 3.05) is 39.5 Å². The van der Waals surface area contributed by atoms with Crippen molar-refractivity contribution in [1.82, 2.24) is 15.1 Å². The molecule has 28 heavy (non-hydrogen) atoms. The summed E-state index contributed by atoms with van der Waals surface area (Å²) in [6, 6.07) is 3.97. The predicted molar refractivity (Wildman–Crippen MR) is 105 cm³/mol. The molecule has 2 heterocycles. The molecule has 0 aromatic heterocycles. The van der Waals surface area contributed by atoms with Crippen molar-refractivity contribution in [3.63, 3.8) is 0 Å². The third kappa shape index (κ3) is 4.77. The SMILES string of the molecule is O=C(CCN1CCN(C(=O)/C=C\c2cc(Cl)c3c(c2)OCO3)CC1)NC1CC1. The van der Waals surface area contributed by atoms with Gasteiger partial charge in [0.15, 0.2) is 11.5 Å². The number of rotatable bonds is 6. The van der Waals surface area contributed by atoms with Gasteiger partial charge < -0.3 is 19.7 Å². The van der Waals surface area contributed by atoms with E-state index in [4.69, 9.17) is 21.1 Å². The molecule has 0 radical (unpaired) electrons. The molecule has 7 nitrogen and oxygen atoms in total. The van der Waals surface area contributed by atoms with Crippen molar-refractivity contribution in [1.29, 1.82) is 0 Å². The number of hydrogen-bond acceptors (Lipinski definition) is 5. The first-order valence-corrected chi connectivity index (χ1v) is 10.0. The van der Waals surface area contributed by atoms with Gasteiger partial charge in [0.2, 0.25) is 18.6 Å². The lowest BCUT2D eigenvalue weighted by atomic mass is 10.2. The quantitative estimate of drug-likeness (QED) is 0.732. The lowest BCUT2D eigenvalue weighted by molar-refractivity contribution is -0.128. The van der Waals surface area contributed by atoms with E-state index in [0.29, 0.717) is 42.1 Å². The summed E-state index contributed by atoms with van der Waals surface area (Å²) < 4.78 is 10.6. The molecular formula is C20H24ClN3O4. The summed E-state index contributed by atoms with van der Waals surface area (Å²) in [4.78, 5) is 28.3. The molecule has 1 aromatic rings. The van der Waals surface area contributed by atoms with Gasteiger partial charge in [-0.15, -0.1) is 0 Å². The summed E-state index contributed by atoms with van der Waals surface area (Å²) in [5.41, 5.74) is 0.794. The average molecular weight is 406 g/mol. The van der Waals surface area contributed by atoms with E-state index >= 15 is 0 Å². The van der Waals surface area contributed by atoms with Crippen molar-refractivity contribution in [3.8, 4) is 11.5 Å². The topological polar surface area (TPSA) is 71.1 Å². The number of nitrogens with zero attached hydrogens (tertiary/aromatic N) is 2. The number of ether oxygens (including phenoxy) is 2. The third-order valence-electron chi connectivity index (χ3n) is 5.15. The van der Waals surface area contributed by atoms with Gasteiger partial charge in [-0.3, -0.25) is 14.5 Å². The number of carbonyl (C=O) groups excluding carboxylic acids is 2.